The molecule has 0 saturated carbocycles. The number of hydrogen-bond donors (Lipinski definition) is 3. The molecule has 1 radical (unpaired) electrons. The minimum absolute atomic E-state index is 0.163. The molecule has 0 spiro atoms. The van der Waals surface area contributed by atoms with Crippen LogP contribution in [0, 0.1) is 0 Å². The highest BCUT2D eigenvalue weighted by molar-refractivity contribution is 7.82. The Kier molecular flexibility index (Phi) is 13.3. The zero-order chi connectivity index (χ0) is 14.5. The summed E-state index contributed by atoms with van der Waals surface area (Å²) in [7, 11) is 0.240. The molecule has 0 aromatic heterocycles. The number of unbranched alkanes of at least 4 members (excludes halogenated alkanes) is 5. The van der Waals surface area contributed by atoms with Crippen LogP contribution in [0.2, 0.25) is 0 Å². The minimum atomic E-state index is -0.539. The Hall–Kier alpha value is 0.157. The Balaban J connectivity index is 3.83. The Morgan fingerprint density at radius 1 is 1.16 bits per heavy atom. The van der Waals surface area contributed by atoms with Gasteiger partial charge in [0.05, 0.1) is 21.1 Å². The molecular weight excluding hydrogens is 276 g/mol. The predicted molar refractivity (Wildman–Crippen MR) is 86.0 cm³/mol. The maximum atomic E-state index is 9.88. The highest BCUT2D eigenvalue weighted by atomic mass is 32.1. The zero-order valence-electron chi connectivity index (χ0n) is 12.3. The van der Waals surface area contributed by atoms with E-state index >= 15 is 0 Å². The van der Waals surface area contributed by atoms with Crippen molar-refractivity contribution in [1.82, 2.24) is 0 Å². The van der Waals surface area contributed by atoms with Gasteiger partial charge in [-0.25, -0.2) is 0 Å². The van der Waals surface area contributed by atoms with Crippen LogP contribution in [0.5, 0.6) is 0 Å². The van der Waals surface area contributed by atoms with Gasteiger partial charge in [-0.05, 0) is 13.3 Å². The molecular formula is C14H29O3SSi. The first kappa shape index (κ1) is 19.2. The smallest absolute Gasteiger partial charge is 0.132 e. The molecule has 0 aromatic carbocycles. The van der Waals surface area contributed by atoms with Crippen molar-refractivity contribution in [2.24, 2.45) is 0 Å². The fourth-order valence-electron chi connectivity index (χ4n) is 1.87. The lowest BCUT2D eigenvalue weighted by molar-refractivity contribution is 0.0545. The van der Waals surface area contributed by atoms with Crippen LogP contribution < -0.4 is 0 Å². The fourth-order valence-corrected chi connectivity index (χ4v) is 3.50. The first-order valence-electron chi connectivity index (χ1n) is 7.38. The van der Waals surface area contributed by atoms with Gasteiger partial charge in [0.15, 0.2) is 0 Å². The third-order valence-electron chi connectivity index (χ3n) is 2.98. The molecule has 19 heavy (non-hydrogen) atoms. The fraction of sp³-hybridized carbons (Fsp3) is 0.929. The number of aliphatic hydroxyl groups excluding tert-OH is 2. The molecule has 2 unspecified atom stereocenters. The molecule has 0 aliphatic rings. The van der Waals surface area contributed by atoms with Gasteiger partial charge in [0.25, 0.3) is 0 Å². The van der Waals surface area contributed by atoms with Gasteiger partial charge in [0, 0.05) is 11.5 Å². The van der Waals surface area contributed by atoms with Gasteiger partial charge in [-0.1, -0.05) is 45.4 Å². The molecule has 0 amide bonds. The quantitative estimate of drug-likeness (QED) is 0.295. The van der Waals surface area contributed by atoms with Crippen LogP contribution >= 0.6 is 12.6 Å². The summed E-state index contributed by atoms with van der Waals surface area (Å²) in [4.78, 5) is 0.181. The van der Waals surface area contributed by atoms with E-state index in [1.54, 1.807) is 0 Å². The van der Waals surface area contributed by atoms with Crippen molar-refractivity contribution in [1.29, 1.82) is 0 Å². The maximum absolute atomic E-state index is 9.88. The second kappa shape index (κ2) is 13.2. The molecule has 0 heterocycles. The third kappa shape index (κ3) is 10.6. The van der Waals surface area contributed by atoms with Crippen molar-refractivity contribution in [3.63, 3.8) is 0 Å². The van der Waals surface area contributed by atoms with Gasteiger partial charge in [-0.2, -0.15) is 12.6 Å². The van der Waals surface area contributed by atoms with E-state index < -0.39 is 6.10 Å². The van der Waals surface area contributed by atoms with Crippen molar-refractivity contribution in [3.8, 4) is 0 Å². The van der Waals surface area contributed by atoms with Gasteiger partial charge in [0.2, 0.25) is 0 Å². The molecule has 0 saturated heterocycles. The molecule has 2 atom stereocenters. The Bertz CT molecular complexity index is 237. The molecule has 113 valence electrons. The topological polar surface area (TPSA) is 49.7 Å². The lowest BCUT2D eigenvalue weighted by atomic mass is 10.1. The van der Waals surface area contributed by atoms with E-state index in [0.29, 0.717) is 6.61 Å². The standard InChI is InChI=1S/C14H29O3SSi/c1-3-5-6-7-8-9-10-13(18)19-14(16)12(11-15)17-4-2/h12-13,15-16,18H,3-11H2,1-2H3. The molecule has 0 rings (SSSR count). The first-order valence-corrected chi connectivity index (χ1v) is 8.97. The van der Waals surface area contributed by atoms with Gasteiger partial charge in [0.1, 0.15) is 6.10 Å². The molecule has 0 aliphatic heterocycles. The average molecular weight is 306 g/mol. The van der Waals surface area contributed by atoms with Crippen LogP contribution in [0.3, 0.4) is 0 Å². The van der Waals surface area contributed by atoms with E-state index in [1.165, 1.54) is 32.1 Å². The van der Waals surface area contributed by atoms with Gasteiger partial charge in [-0.15, -0.1) is 0 Å². The number of thiol groups is 1. The van der Waals surface area contributed by atoms with Crippen LogP contribution in [-0.4, -0.2) is 48.9 Å². The number of aliphatic hydroxyl groups is 2. The van der Waals surface area contributed by atoms with Crippen LogP contribution in [0.25, 0.3) is 0 Å². The third-order valence-corrected chi connectivity index (χ3v) is 4.87. The van der Waals surface area contributed by atoms with Crippen LogP contribution in [0.15, 0.2) is 0 Å². The Labute approximate surface area is 125 Å². The largest absolute Gasteiger partial charge is 0.515 e. The van der Waals surface area contributed by atoms with E-state index in [-0.39, 0.29) is 26.0 Å². The summed E-state index contributed by atoms with van der Waals surface area (Å²) >= 11 is 4.51. The second-order valence-corrected chi connectivity index (χ2v) is 7.34. The van der Waals surface area contributed by atoms with Crippen LogP contribution in [0.1, 0.15) is 58.8 Å². The molecule has 0 fully saturated rings. The molecule has 5 heteroatoms. The summed E-state index contributed by atoms with van der Waals surface area (Å²) in [6.45, 7) is 4.41. The van der Waals surface area contributed by atoms with Crippen molar-refractivity contribution < 1.29 is 14.9 Å². The SMILES string of the molecule is CCCCCCCCC(S)[Si]=C(O)C(CO)OCC. The van der Waals surface area contributed by atoms with Crippen molar-refractivity contribution >= 4 is 27.1 Å². The van der Waals surface area contributed by atoms with Crippen LogP contribution in [-0.2, 0) is 4.74 Å². The van der Waals surface area contributed by atoms with Crippen molar-refractivity contribution in [2.45, 2.75) is 69.8 Å². The maximum Gasteiger partial charge on any atom is 0.132 e. The van der Waals surface area contributed by atoms with Gasteiger partial charge >= 0.3 is 0 Å². The van der Waals surface area contributed by atoms with Gasteiger partial charge in [-0.3, -0.25) is 0 Å². The summed E-state index contributed by atoms with van der Waals surface area (Å²) < 4.78 is 5.26. The highest BCUT2D eigenvalue weighted by Gasteiger charge is 2.13. The number of ether oxygens (including phenoxy) is 1. The minimum Gasteiger partial charge on any atom is -0.515 e. The van der Waals surface area contributed by atoms with Crippen LogP contribution in [0.4, 0.5) is 0 Å². The average Bonchev–Trinajstić information content (AvgIpc) is 2.39. The lowest BCUT2D eigenvalue weighted by Gasteiger charge is -2.15. The normalized spacial score (nSPS) is 15.5. The summed E-state index contributed by atoms with van der Waals surface area (Å²) in [5, 5.41) is 19.2. The summed E-state index contributed by atoms with van der Waals surface area (Å²) in [5.41, 5.74) is 0. The molecule has 0 aromatic rings. The molecule has 2 N–H and O–H groups in total. The Morgan fingerprint density at radius 2 is 1.79 bits per heavy atom. The van der Waals surface area contributed by atoms with Crippen molar-refractivity contribution in [2.75, 3.05) is 13.2 Å². The van der Waals surface area contributed by atoms with E-state index in [1.807, 2.05) is 6.92 Å². The van der Waals surface area contributed by atoms with E-state index in [2.05, 4.69) is 19.6 Å². The summed E-state index contributed by atoms with van der Waals surface area (Å²) in [5.74, 6) is 0. The number of hydrogen-bond acceptors (Lipinski definition) is 4. The van der Waals surface area contributed by atoms with E-state index in [0.717, 1.165) is 12.8 Å². The summed E-state index contributed by atoms with van der Waals surface area (Å²) in [6.07, 6.45) is 8.11. The van der Waals surface area contributed by atoms with Gasteiger partial charge < -0.3 is 14.9 Å². The number of rotatable bonds is 12. The molecule has 3 nitrogen and oxygen atoms in total. The zero-order valence-corrected chi connectivity index (χ0v) is 14.2. The first-order chi connectivity index (χ1) is 9.15. The second-order valence-electron chi connectivity index (χ2n) is 4.73. The highest BCUT2D eigenvalue weighted by Crippen LogP contribution is 2.10. The predicted octanol–water partition coefficient (Wildman–Crippen LogP) is 2.60. The Morgan fingerprint density at radius 3 is 2.37 bits per heavy atom. The lowest BCUT2D eigenvalue weighted by Crippen LogP contribution is -2.32. The van der Waals surface area contributed by atoms with E-state index in [4.69, 9.17) is 9.84 Å². The van der Waals surface area contributed by atoms with Crippen molar-refractivity contribution in [3.05, 3.63) is 0 Å². The van der Waals surface area contributed by atoms with E-state index in [9.17, 15) is 5.11 Å². The summed E-state index contributed by atoms with van der Waals surface area (Å²) in [6, 6.07) is 0. The molecule has 0 aliphatic carbocycles. The monoisotopic (exact) mass is 305 g/mol. The molecule has 0 bridgehead atoms.